The fraction of sp³-hybridized carbons (Fsp3) is 0.333. The molecule has 1 aliphatic heterocycles. The second-order valence-corrected chi connectivity index (χ2v) is 4.84. The molecule has 2 rings (SSSR count). The Morgan fingerprint density at radius 2 is 2.30 bits per heavy atom. The van der Waals surface area contributed by atoms with Gasteiger partial charge in [-0.3, -0.25) is 4.79 Å². The SMILES string of the molecule is C#CC1CC(=O)N([C@@H](Cc2cccc(O)c2)C(=O)O)C1. The second kappa shape index (κ2) is 5.66. The van der Waals surface area contributed by atoms with Crippen molar-refractivity contribution in [2.75, 3.05) is 6.54 Å². The van der Waals surface area contributed by atoms with Crippen molar-refractivity contribution in [3.05, 3.63) is 29.8 Å². The van der Waals surface area contributed by atoms with E-state index in [2.05, 4.69) is 5.92 Å². The molecule has 1 heterocycles. The Balaban J connectivity index is 2.18. The van der Waals surface area contributed by atoms with Crippen molar-refractivity contribution >= 4 is 11.9 Å². The van der Waals surface area contributed by atoms with Gasteiger partial charge in [-0.25, -0.2) is 4.79 Å². The van der Waals surface area contributed by atoms with Crippen LogP contribution in [0.1, 0.15) is 12.0 Å². The molecule has 0 radical (unpaired) electrons. The van der Waals surface area contributed by atoms with E-state index in [0.29, 0.717) is 5.56 Å². The van der Waals surface area contributed by atoms with Crippen LogP contribution in [0.2, 0.25) is 0 Å². The summed E-state index contributed by atoms with van der Waals surface area (Å²) >= 11 is 0. The number of likely N-dealkylation sites (tertiary alicyclic amines) is 1. The molecule has 1 amide bonds. The van der Waals surface area contributed by atoms with E-state index in [0.717, 1.165) is 0 Å². The Bertz CT molecular complexity index is 575. The van der Waals surface area contributed by atoms with E-state index in [-0.39, 0.29) is 37.0 Å². The number of carbonyl (C=O) groups excluding carboxylic acids is 1. The number of carboxylic acids is 1. The van der Waals surface area contributed by atoms with Crippen molar-refractivity contribution in [1.29, 1.82) is 0 Å². The van der Waals surface area contributed by atoms with Gasteiger partial charge in [-0.05, 0) is 17.7 Å². The summed E-state index contributed by atoms with van der Waals surface area (Å²) in [6, 6.07) is 5.40. The largest absolute Gasteiger partial charge is 0.508 e. The first-order chi connectivity index (χ1) is 9.51. The number of carboxylic acid groups (broad SMARTS) is 1. The molecule has 5 heteroatoms. The highest BCUT2D eigenvalue weighted by molar-refractivity contribution is 5.85. The van der Waals surface area contributed by atoms with Crippen LogP contribution in [0.5, 0.6) is 5.75 Å². The van der Waals surface area contributed by atoms with Gasteiger partial charge in [-0.2, -0.15) is 0 Å². The Hall–Kier alpha value is -2.48. The number of nitrogens with zero attached hydrogens (tertiary/aromatic N) is 1. The number of benzene rings is 1. The predicted molar refractivity (Wildman–Crippen MR) is 71.9 cm³/mol. The average molecular weight is 273 g/mol. The smallest absolute Gasteiger partial charge is 0.326 e. The summed E-state index contributed by atoms with van der Waals surface area (Å²) in [5.41, 5.74) is 0.661. The molecule has 5 nitrogen and oxygen atoms in total. The topological polar surface area (TPSA) is 77.8 Å². The third-order valence-corrected chi connectivity index (χ3v) is 3.40. The highest BCUT2D eigenvalue weighted by Crippen LogP contribution is 2.22. The summed E-state index contributed by atoms with van der Waals surface area (Å²) in [7, 11) is 0. The lowest BCUT2D eigenvalue weighted by Gasteiger charge is -2.24. The number of rotatable bonds is 4. The van der Waals surface area contributed by atoms with E-state index in [1.54, 1.807) is 12.1 Å². The highest BCUT2D eigenvalue weighted by Gasteiger charge is 2.37. The molecule has 104 valence electrons. The predicted octanol–water partition coefficient (Wildman–Crippen LogP) is 0.870. The van der Waals surface area contributed by atoms with Crippen LogP contribution in [0, 0.1) is 18.3 Å². The quantitative estimate of drug-likeness (QED) is 0.798. The maximum Gasteiger partial charge on any atom is 0.326 e. The molecule has 2 atom stereocenters. The Kier molecular flexibility index (Phi) is 3.94. The minimum absolute atomic E-state index is 0.0703. The third kappa shape index (κ3) is 2.91. The molecule has 0 saturated carbocycles. The van der Waals surface area contributed by atoms with Crippen molar-refractivity contribution in [1.82, 2.24) is 4.90 Å². The first kappa shape index (κ1) is 13.9. The molecule has 2 N–H and O–H groups in total. The van der Waals surface area contributed by atoms with Crippen molar-refractivity contribution < 1.29 is 19.8 Å². The molecule has 1 unspecified atom stereocenters. The number of carbonyl (C=O) groups is 2. The summed E-state index contributed by atoms with van der Waals surface area (Å²) in [5, 5.41) is 18.7. The summed E-state index contributed by atoms with van der Waals surface area (Å²) in [5.74, 6) is 1.03. The summed E-state index contributed by atoms with van der Waals surface area (Å²) in [6.07, 6.45) is 5.64. The molecule has 1 aromatic rings. The first-order valence-corrected chi connectivity index (χ1v) is 6.27. The molecule has 0 bridgehead atoms. The number of hydrogen-bond donors (Lipinski definition) is 2. The van der Waals surface area contributed by atoms with Gasteiger partial charge in [-0.15, -0.1) is 12.3 Å². The van der Waals surface area contributed by atoms with Gasteiger partial charge in [0.05, 0.1) is 0 Å². The van der Waals surface area contributed by atoms with E-state index >= 15 is 0 Å². The number of amides is 1. The van der Waals surface area contributed by atoms with Crippen LogP contribution in [0.15, 0.2) is 24.3 Å². The zero-order valence-electron chi connectivity index (χ0n) is 10.8. The molecule has 1 fully saturated rings. The summed E-state index contributed by atoms with van der Waals surface area (Å²) < 4.78 is 0. The van der Waals surface area contributed by atoms with Crippen molar-refractivity contribution in [2.45, 2.75) is 18.9 Å². The minimum Gasteiger partial charge on any atom is -0.508 e. The third-order valence-electron chi connectivity index (χ3n) is 3.40. The molecule has 0 aliphatic carbocycles. The molecular formula is C15H15NO4. The van der Waals surface area contributed by atoms with Gasteiger partial charge < -0.3 is 15.1 Å². The second-order valence-electron chi connectivity index (χ2n) is 4.84. The first-order valence-electron chi connectivity index (χ1n) is 6.27. The van der Waals surface area contributed by atoms with Crippen LogP contribution in [-0.4, -0.2) is 39.6 Å². The van der Waals surface area contributed by atoms with Gasteiger partial charge in [0.2, 0.25) is 5.91 Å². The Morgan fingerprint density at radius 3 is 2.85 bits per heavy atom. The lowest BCUT2D eigenvalue weighted by Crippen LogP contribution is -2.43. The zero-order chi connectivity index (χ0) is 14.7. The molecule has 20 heavy (non-hydrogen) atoms. The lowest BCUT2D eigenvalue weighted by atomic mass is 10.0. The van der Waals surface area contributed by atoms with Gasteiger partial charge in [0.25, 0.3) is 0 Å². The van der Waals surface area contributed by atoms with Crippen LogP contribution in [0.3, 0.4) is 0 Å². The monoisotopic (exact) mass is 273 g/mol. The molecule has 1 saturated heterocycles. The minimum atomic E-state index is -1.07. The molecule has 0 spiro atoms. The number of aliphatic carboxylic acids is 1. The number of hydrogen-bond acceptors (Lipinski definition) is 3. The van der Waals surface area contributed by atoms with Crippen LogP contribution in [0.25, 0.3) is 0 Å². The normalized spacial score (nSPS) is 19.6. The van der Waals surface area contributed by atoms with Crippen LogP contribution >= 0.6 is 0 Å². The highest BCUT2D eigenvalue weighted by atomic mass is 16.4. The molecule has 1 aliphatic rings. The number of phenolic OH excluding ortho intramolecular Hbond substituents is 1. The van der Waals surface area contributed by atoms with Crippen molar-refractivity contribution in [3.8, 4) is 18.1 Å². The van der Waals surface area contributed by atoms with Crippen LogP contribution in [0.4, 0.5) is 0 Å². The number of phenols is 1. The zero-order valence-corrected chi connectivity index (χ0v) is 10.8. The van der Waals surface area contributed by atoms with E-state index in [9.17, 15) is 19.8 Å². The average Bonchev–Trinajstić information content (AvgIpc) is 2.77. The molecule has 0 aromatic heterocycles. The Morgan fingerprint density at radius 1 is 1.55 bits per heavy atom. The van der Waals surface area contributed by atoms with Gasteiger partial charge >= 0.3 is 5.97 Å². The van der Waals surface area contributed by atoms with E-state index < -0.39 is 12.0 Å². The summed E-state index contributed by atoms with van der Waals surface area (Å²) in [4.78, 5) is 24.6. The van der Waals surface area contributed by atoms with Crippen molar-refractivity contribution in [3.63, 3.8) is 0 Å². The fourth-order valence-electron chi connectivity index (χ4n) is 2.38. The Labute approximate surface area is 116 Å². The van der Waals surface area contributed by atoms with Crippen LogP contribution in [-0.2, 0) is 16.0 Å². The summed E-state index contributed by atoms with van der Waals surface area (Å²) in [6.45, 7) is 0.269. The van der Waals surface area contributed by atoms with E-state index in [1.165, 1.54) is 17.0 Å². The molecular weight excluding hydrogens is 258 g/mol. The maximum atomic E-state index is 11.9. The van der Waals surface area contributed by atoms with Gasteiger partial charge in [0.15, 0.2) is 0 Å². The van der Waals surface area contributed by atoms with Gasteiger partial charge in [-0.1, -0.05) is 12.1 Å². The number of terminal acetylenes is 1. The van der Waals surface area contributed by atoms with Crippen LogP contribution < -0.4 is 0 Å². The standard InChI is InChI=1S/C15H15NO4/c1-2-10-8-14(18)16(9-10)13(15(19)20)7-11-4-3-5-12(17)6-11/h1,3-6,10,13,17H,7-9H2,(H,19,20)/t10?,13-/m0/s1. The van der Waals surface area contributed by atoms with E-state index in [1.807, 2.05) is 0 Å². The fourth-order valence-corrected chi connectivity index (χ4v) is 2.38. The van der Waals surface area contributed by atoms with Gasteiger partial charge in [0, 0.05) is 25.3 Å². The number of aromatic hydroxyl groups is 1. The van der Waals surface area contributed by atoms with E-state index in [4.69, 9.17) is 6.42 Å². The lowest BCUT2D eigenvalue weighted by molar-refractivity contribution is -0.148. The molecule has 1 aromatic carbocycles. The maximum absolute atomic E-state index is 11.9. The van der Waals surface area contributed by atoms with Gasteiger partial charge in [0.1, 0.15) is 11.8 Å². The van der Waals surface area contributed by atoms with Crippen molar-refractivity contribution in [2.24, 2.45) is 5.92 Å².